The molecule has 0 fully saturated rings. The number of rotatable bonds is 5. The molecule has 0 atom stereocenters. The van der Waals surface area contributed by atoms with Gasteiger partial charge in [0.15, 0.2) is 0 Å². The monoisotopic (exact) mass is 342 g/mol. The lowest BCUT2D eigenvalue weighted by Gasteiger charge is -2.10. The Morgan fingerprint density at radius 3 is 2.84 bits per heavy atom. The molecule has 0 radical (unpaired) electrons. The molecule has 1 aromatic heterocycles. The first kappa shape index (κ1) is 13.8. The zero-order chi connectivity index (χ0) is 13.8. The minimum atomic E-state index is -0.424. The Labute approximate surface area is 122 Å². The lowest BCUT2D eigenvalue weighted by Crippen LogP contribution is -2.01. The van der Waals surface area contributed by atoms with Crippen molar-refractivity contribution in [3.63, 3.8) is 0 Å². The van der Waals surface area contributed by atoms with Crippen LogP contribution in [0.5, 0.6) is 5.75 Å². The van der Waals surface area contributed by atoms with Gasteiger partial charge in [-0.25, -0.2) is 0 Å². The number of nitrogens with one attached hydrogen (secondary N) is 1. The van der Waals surface area contributed by atoms with Gasteiger partial charge in [0.05, 0.1) is 17.7 Å². The summed E-state index contributed by atoms with van der Waals surface area (Å²) in [6.07, 6.45) is 0. The molecule has 2 aromatic rings. The van der Waals surface area contributed by atoms with Crippen molar-refractivity contribution < 1.29 is 9.66 Å². The third-order valence-electron chi connectivity index (χ3n) is 2.47. The van der Waals surface area contributed by atoms with E-state index < -0.39 is 4.92 Å². The summed E-state index contributed by atoms with van der Waals surface area (Å²) in [5, 5.41) is 15.9. The number of nitrogens with zero attached hydrogens (tertiary/aromatic N) is 1. The number of halogens is 1. The molecule has 0 amide bonds. The smallest absolute Gasteiger partial charge is 0.271 e. The number of thiophene rings is 1. The molecule has 0 saturated carbocycles. The summed E-state index contributed by atoms with van der Waals surface area (Å²) in [5.41, 5.74) is 0.650. The van der Waals surface area contributed by atoms with Crippen LogP contribution in [0.1, 0.15) is 4.88 Å². The van der Waals surface area contributed by atoms with Crippen LogP contribution in [0.2, 0.25) is 0 Å². The zero-order valence-corrected chi connectivity index (χ0v) is 12.5. The van der Waals surface area contributed by atoms with Crippen molar-refractivity contribution in [2.24, 2.45) is 0 Å². The number of nitro benzene ring substituents is 1. The number of ether oxygens (including phenoxy) is 1. The molecule has 0 aliphatic carbocycles. The van der Waals surface area contributed by atoms with Crippen LogP contribution in [-0.4, -0.2) is 12.0 Å². The number of hydrogen-bond donors (Lipinski definition) is 1. The van der Waals surface area contributed by atoms with Gasteiger partial charge in [0.2, 0.25) is 0 Å². The van der Waals surface area contributed by atoms with Crippen LogP contribution >= 0.6 is 27.3 Å². The van der Waals surface area contributed by atoms with Crippen molar-refractivity contribution in [2.45, 2.75) is 6.54 Å². The Balaban J connectivity index is 2.17. The molecule has 1 N–H and O–H groups in total. The van der Waals surface area contributed by atoms with Crippen LogP contribution in [0.15, 0.2) is 34.1 Å². The maximum Gasteiger partial charge on any atom is 0.271 e. The van der Waals surface area contributed by atoms with E-state index in [9.17, 15) is 10.1 Å². The van der Waals surface area contributed by atoms with Gasteiger partial charge >= 0.3 is 0 Å². The molecule has 0 aliphatic heterocycles. The highest BCUT2D eigenvalue weighted by atomic mass is 79.9. The van der Waals surface area contributed by atoms with Crippen molar-refractivity contribution in [1.82, 2.24) is 0 Å². The summed E-state index contributed by atoms with van der Waals surface area (Å²) >= 11 is 4.99. The van der Waals surface area contributed by atoms with Gasteiger partial charge in [-0.15, -0.1) is 11.3 Å². The molecule has 0 spiro atoms. The highest BCUT2D eigenvalue weighted by Gasteiger charge is 2.11. The second-order valence-corrected chi connectivity index (χ2v) is 5.64. The molecule has 100 valence electrons. The van der Waals surface area contributed by atoms with E-state index in [2.05, 4.69) is 21.2 Å². The summed E-state index contributed by atoms with van der Waals surface area (Å²) in [6.45, 7) is 0.591. The Hall–Kier alpha value is -1.60. The standard InChI is InChI=1S/C12H11BrN2O3S/c1-18-12-3-2-9(15(16)17)5-11(12)14-6-10-4-8(13)7-19-10/h2-5,7,14H,6H2,1H3. The summed E-state index contributed by atoms with van der Waals surface area (Å²) in [7, 11) is 1.54. The van der Waals surface area contributed by atoms with Crippen LogP contribution in [0.3, 0.4) is 0 Å². The predicted octanol–water partition coefficient (Wildman–Crippen LogP) is 4.04. The Morgan fingerprint density at radius 2 is 2.26 bits per heavy atom. The van der Waals surface area contributed by atoms with Gasteiger partial charge in [-0.1, -0.05) is 0 Å². The van der Waals surface area contributed by atoms with Crippen LogP contribution in [0.25, 0.3) is 0 Å². The second kappa shape index (κ2) is 6.03. The second-order valence-electron chi connectivity index (χ2n) is 3.73. The van der Waals surface area contributed by atoms with Crippen molar-refractivity contribution >= 4 is 38.6 Å². The van der Waals surface area contributed by atoms with E-state index in [1.54, 1.807) is 17.4 Å². The van der Waals surface area contributed by atoms with Gasteiger partial charge in [0, 0.05) is 33.4 Å². The SMILES string of the molecule is COc1ccc([N+](=O)[O-])cc1NCc1cc(Br)cs1. The first-order valence-electron chi connectivity index (χ1n) is 5.39. The van der Waals surface area contributed by atoms with Crippen molar-refractivity contribution in [1.29, 1.82) is 0 Å². The van der Waals surface area contributed by atoms with E-state index in [1.165, 1.54) is 19.2 Å². The van der Waals surface area contributed by atoms with Gasteiger partial charge in [0.25, 0.3) is 5.69 Å². The molecule has 0 saturated heterocycles. The average molecular weight is 343 g/mol. The van der Waals surface area contributed by atoms with Gasteiger partial charge in [-0.2, -0.15) is 0 Å². The van der Waals surface area contributed by atoms with E-state index in [0.717, 1.165) is 9.35 Å². The van der Waals surface area contributed by atoms with Crippen molar-refractivity contribution in [3.8, 4) is 5.75 Å². The largest absolute Gasteiger partial charge is 0.495 e. The number of benzene rings is 1. The first-order valence-corrected chi connectivity index (χ1v) is 7.06. The van der Waals surface area contributed by atoms with Crippen LogP contribution < -0.4 is 10.1 Å². The van der Waals surface area contributed by atoms with E-state index in [1.807, 2.05) is 11.4 Å². The van der Waals surface area contributed by atoms with Crippen LogP contribution in [-0.2, 0) is 6.54 Å². The summed E-state index contributed by atoms with van der Waals surface area (Å²) in [6, 6.07) is 6.49. The van der Waals surface area contributed by atoms with E-state index in [4.69, 9.17) is 4.74 Å². The number of methoxy groups -OCH3 is 1. The van der Waals surface area contributed by atoms with Gasteiger partial charge < -0.3 is 10.1 Å². The minimum Gasteiger partial charge on any atom is -0.495 e. The number of nitro groups is 1. The molecule has 5 nitrogen and oxygen atoms in total. The van der Waals surface area contributed by atoms with Crippen molar-refractivity contribution in [2.75, 3.05) is 12.4 Å². The quantitative estimate of drug-likeness (QED) is 0.657. The molecular weight excluding hydrogens is 332 g/mol. The van der Waals surface area contributed by atoms with Gasteiger partial charge in [-0.3, -0.25) is 10.1 Å². The molecule has 0 unspecified atom stereocenters. The molecule has 0 aliphatic rings. The van der Waals surface area contributed by atoms with Crippen molar-refractivity contribution in [3.05, 3.63) is 49.1 Å². The summed E-state index contributed by atoms with van der Waals surface area (Å²) in [5.74, 6) is 0.584. The maximum absolute atomic E-state index is 10.8. The lowest BCUT2D eigenvalue weighted by atomic mass is 10.2. The van der Waals surface area contributed by atoms with Crippen LogP contribution in [0.4, 0.5) is 11.4 Å². The lowest BCUT2D eigenvalue weighted by molar-refractivity contribution is -0.384. The number of hydrogen-bond acceptors (Lipinski definition) is 5. The molecule has 2 rings (SSSR count). The van der Waals surface area contributed by atoms with Gasteiger partial charge in [0.1, 0.15) is 5.75 Å². The molecule has 7 heteroatoms. The predicted molar refractivity (Wildman–Crippen MR) is 79.0 cm³/mol. The zero-order valence-electron chi connectivity index (χ0n) is 10.1. The molecule has 19 heavy (non-hydrogen) atoms. The molecule has 0 bridgehead atoms. The molecule has 1 heterocycles. The third kappa shape index (κ3) is 3.45. The van der Waals surface area contributed by atoms with E-state index in [-0.39, 0.29) is 5.69 Å². The summed E-state index contributed by atoms with van der Waals surface area (Å²) in [4.78, 5) is 11.5. The Kier molecular flexibility index (Phi) is 4.39. The fraction of sp³-hybridized carbons (Fsp3) is 0.167. The highest BCUT2D eigenvalue weighted by Crippen LogP contribution is 2.30. The van der Waals surface area contributed by atoms with Gasteiger partial charge in [-0.05, 0) is 28.1 Å². The first-order chi connectivity index (χ1) is 9.10. The molecular formula is C12H11BrN2O3S. The Bertz CT molecular complexity index is 600. The number of non-ortho nitro benzene ring substituents is 1. The molecule has 1 aromatic carbocycles. The van der Waals surface area contributed by atoms with E-state index in [0.29, 0.717) is 18.0 Å². The fourth-order valence-electron chi connectivity index (χ4n) is 1.58. The fourth-order valence-corrected chi connectivity index (χ4v) is 2.97. The van der Waals surface area contributed by atoms with E-state index >= 15 is 0 Å². The topological polar surface area (TPSA) is 64.4 Å². The summed E-state index contributed by atoms with van der Waals surface area (Å²) < 4.78 is 6.21. The highest BCUT2D eigenvalue weighted by molar-refractivity contribution is 9.10. The minimum absolute atomic E-state index is 0.0376. The Morgan fingerprint density at radius 1 is 1.47 bits per heavy atom. The number of anilines is 1. The normalized spacial score (nSPS) is 10.2. The van der Waals surface area contributed by atoms with Crippen LogP contribution in [0, 0.1) is 10.1 Å². The third-order valence-corrected chi connectivity index (χ3v) is 4.17. The maximum atomic E-state index is 10.8. The average Bonchev–Trinajstić information content (AvgIpc) is 2.81.